The van der Waals surface area contributed by atoms with Crippen molar-refractivity contribution in [2.75, 3.05) is 13.7 Å². The monoisotopic (exact) mass is 256 g/mol. The molecule has 2 aliphatic heterocycles. The van der Waals surface area contributed by atoms with Crippen LogP contribution in [0.15, 0.2) is 24.0 Å². The molecule has 1 fully saturated rings. The molecule has 18 heavy (non-hydrogen) atoms. The van der Waals surface area contributed by atoms with Gasteiger partial charge in [0.25, 0.3) is 0 Å². The first-order chi connectivity index (χ1) is 8.45. The Morgan fingerprint density at radius 3 is 2.72 bits per heavy atom. The minimum Gasteiger partial charge on any atom is -0.394 e. The zero-order chi connectivity index (χ0) is 13.4. The Hall–Kier alpha value is -1.41. The summed E-state index contributed by atoms with van der Waals surface area (Å²) in [6, 6.07) is -0.338. The summed E-state index contributed by atoms with van der Waals surface area (Å²) >= 11 is 0. The highest BCUT2D eigenvalue weighted by molar-refractivity contribution is 5.80. The van der Waals surface area contributed by atoms with E-state index in [1.54, 1.807) is 7.05 Å². The number of carbonyl (C=O) groups excluding carboxylic acids is 1. The van der Waals surface area contributed by atoms with Crippen LogP contribution in [-0.2, 0) is 4.74 Å². The normalized spacial score (nSPS) is 36.7. The smallest absolute Gasteiger partial charge is 0.325 e. The highest BCUT2D eigenvalue weighted by Gasteiger charge is 2.45. The van der Waals surface area contributed by atoms with Gasteiger partial charge in [-0.15, -0.1) is 0 Å². The van der Waals surface area contributed by atoms with Crippen LogP contribution in [0.3, 0.4) is 0 Å². The molecule has 2 aliphatic rings. The van der Waals surface area contributed by atoms with E-state index in [2.05, 4.69) is 11.9 Å². The second-order valence-electron chi connectivity index (χ2n) is 4.36. The summed E-state index contributed by atoms with van der Waals surface area (Å²) in [7, 11) is 1.54. The third kappa shape index (κ3) is 2.01. The fourth-order valence-electron chi connectivity index (χ4n) is 2.04. The van der Waals surface area contributed by atoms with Gasteiger partial charge < -0.3 is 30.3 Å². The Bertz CT molecular complexity index is 408. The van der Waals surface area contributed by atoms with Crippen molar-refractivity contribution in [2.45, 2.75) is 24.4 Å². The topological polar surface area (TPSA) is 102 Å². The Balaban J connectivity index is 2.24. The van der Waals surface area contributed by atoms with Gasteiger partial charge in [0.15, 0.2) is 0 Å². The lowest BCUT2D eigenvalue weighted by molar-refractivity contribution is -0.0139. The van der Waals surface area contributed by atoms with Gasteiger partial charge in [0, 0.05) is 24.5 Å². The molecule has 2 heterocycles. The first-order valence-electron chi connectivity index (χ1n) is 5.53. The van der Waals surface area contributed by atoms with E-state index < -0.39 is 31.0 Å². The summed E-state index contributed by atoms with van der Waals surface area (Å²) in [5.41, 5.74) is 0.785. The van der Waals surface area contributed by atoms with Crippen LogP contribution in [0, 0.1) is 0 Å². The van der Waals surface area contributed by atoms with Gasteiger partial charge in [-0.3, -0.25) is 0 Å². The number of rotatable bonds is 2. The zero-order valence-electron chi connectivity index (χ0n) is 9.91. The van der Waals surface area contributed by atoms with Gasteiger partial charge in [-0.05, 0) is 0 Å². The van der Waals surface area contributed by atoms with E-state index >= 15 is 0 Å². The predicted octanol–water partition coefficient (Wildman–Crippen LogP) is -1.48. The number of aliphatic hydroxyl groups is 3. The van der Waals surface area contributed by atoms with Gasteiger partial charge in [0.1, 0.15) is 24.4 Å². The first-order valence-corrected chi connectivity index (χ1v) is 5.53. The largest absolute Gasteiger partial charge is 0.394 e. The summed E-state index contributed by atoms with van der Waals surface area (Å²) in [6.45, 7) is 3.28. The summed E-state index contributed by atoms with van der Waals surface area (Å²) in [5.74, 6) is 0. The van der Waals surface area contributed by atoms with Gasteiger partial charge in [0.05, 0.1) is 6.61 Å². The maximum Gasteiger partial charge on any atom is 0.325 e. The molecular weight excluding hydrogens is 240 g/mol. The average molecular weight is 256 g/mol. The number of aliphatic hydroxyl groups excluding tert-OH is 3. The Morgan fingerprint density at radius 2 is 2.17 bits per heavy atom. The Labute approximate surface area is 104 Å². The molecule has 0 aliphatic carbocycles. The molecule has 0 saturated carbocycles. The number of amides is 2. The molecule has 0 aromatic heterocycles. The van der Waals surface area contributed by atoms with E-state index in [1.165, 1.54) is 11.1 Å². The van der Waals surface area contributed by atoms with Crippen molar-refractivity contribution in [1.29, 1.82) is 0 Å². The van der Waals surface area contributed by atoms with Gasteiger partial charge in [-0.1, -0.05) is 6.58 Å². The standard InChI is InChI=1S/C11H16N2O5/c1-5-6(3-13(2)11(17)12-5)10-9(16)8(15)7(4-14)18-10/h3,7-10,14-16H,1,4H2,2H3,(H,12,17)/t7-,8-,9-,10+/m1/s1. The van der Waals surface area contributed by atoms with Gasteiger partial charge >= 0.3 is 6.03 Å². The molecule has 7 nitrogen and oxygen atoms in total. The van der Waals surface area contributed by atoms with Crippen molar-refractivity contribution < 1.29 is 24.9 Å². The predicted molar refractivity (Wildman–Crippen MR) is 61.3 cm³/mol. The molecule has 100 valence electrons. The van der Waals surface area contributed by atoms with Crippen LogP contribution >= 0.6 is 0 Å². The number of urea groups is 1. The van der Waals surface area contributed by atoms with Crippen LogP contribution < -0.4 is 5.32 Å². The fourth-order valence-corrected chi connectivity index (χ4v) is 2.04. The highest BCUT2D eigenvalue weighted by Crippen LogP contribution is 2.30. The fraction of sp³-hybridized carbons (Fsp3) is 0.545. The minimum absolute atomic E-state index is 0.313. The summed E-state index contributed by atoms with van der Waals surface area (Å²) < 4.78 is 5.37. The summed E-state index contributed by atoms with van der Waals surface area (Å²) in [6.07, 6.45) is -2.53. The molecule has 1 saturated heterocycles. The molecular formula is C11H16N2O5. The highest BCUT2D eigenvalue weighted by atomic mass is 16.6. The molecule has 7 heteroatoms. The lowest BCUT2D eigenvalue weighted by atomic mass is 9.99. The Kier molecular flexibility index (Phi) is 3.40. The molecule has 0 radical (unpaired) electrons. The van der Waals surface area contributed by atoms with Crippen molar-refractivity contribution in [3.05, 3.63) is 24.0 Å². The first kappa shape index (κ1) is 13.0. The van der Waals surface area contributed by atoms with Crippen molar-refractivity contribution in [1.82, 2.24) is 10.2 Å². The van der Waals surface area contributed by atoms with Gasteiger partial charge in [-0.2, -0.15) is 0 Å². The Morgan fingerprint density at radius 1 is 1.50 bits per heavy atom. The number of nitrogens with zero attached hydrogens (tertiary/aromatic N) is 1. The number of hydrogen-bond donors (Lipinski definition) is 4. The lowest BCUT2D eigenvalue weighted by Crippen LogP contribution is -2.42. The third-order valence-electron chi connectivity index (χ3n) is 3.11. The second-order valence-corrected chi connectivity index (χ2v) is 4.36. The maximum atomic E-state index is 11.3. The quantitative estimate of drug-likeness (QED) is 0.482. The van der Waals surface area contributed by atoms with E-state index in [1.807, 2.05) is 0 Å². The molecule has 4 N–H and O–H groups in total. The van der Waals surface area contributed by atoms with Crippen LogP contribution in [0.5, 0.6) is 0 Å². The molecule has 2 amide bonds. The van der Waals surface area contributed by atoms with Crippen molar-refractivity contribution >= 4 is 6.03 Å². The average Bonchev–Trinajstić information content (AvgIpc) is 2.61. The van der Waals surface area contributed by atoms with Crippen molar-refractivity contribution in [3.8, 4) is 0 Å². The van der Waals surface area contributed by atoms with E-state index in [4.69, 9.17) is 9.84 Å². The molecule has 4 atom stereocenters. The molecule has 0 bridgehead atoms. The second kappa shape index (κ2) is 4.69. The SMILES string of the molecule is C=C1NC(=O)N(C)C=C1[C@@H]1O[C@H](CO)[C@@H](O)[C@H]1O. The van der Waals surface area contributed by atoms with Gasteiger partial charge in [0.2, 0.25) is 0 Å². The number of hydrogen-bond acceptors (Lipinski definition) is 5. The van der Waals surface area contributed by atoms with Crippen LogP contribution in [0.4, 0.5) is 4.79 Å². The lowest BCUT2D eigenvalue weighted by Gasteiger charge is -2.28. The van der Waals surface area contributed by atoms with E-state index in [0.717, 1.165) is 0 Å². The molecule has 2 rings (SSSR count). The minimum atomic E-state index is -1.17. The van der Waals surface area contributed by atoms with E-state index in [9.17, 15) is 15.0 Å². The summed E-state index contributed by atoms with van der Waals surface area (Å²) in [5, 5.41) is 31.1. The molecule has 0 aromatic rings. The number of ether oxygens (including phenoxy) is 1. The van der Waals surface area contributed by atoms with Gasteiger partial charge in [-0.25, -0.2) is 4.79 Å². The van der Waals surface area contributed by atoms with Crippen molar-refractivity contribution in [3.63, 3.8) is 0 Å². The van der Waals surface area contributed by atoms with Crippen LogP contribution in [0.25, 0.3) is 0 Å². The molecule has 0 aromatic carbocycles. The molecule has 0 unspecified atom stereocenters. The van der Waals surface area contributed by atoms with Crippen LogP contribution in [0.1, 0.15) is 0 Å². The number of nitrogens with one attached hydrogen (secondary N) is 1. The van der Waals surface area contributed by atoms with E-state index in [0.29, 0.717) is 11.3 Å². The third-order valence-corrected chi connectivity index (χ3v) is 3.11. The molecule has 0 spiro atoms. The maximum absolute atomic E-state index is 11.3. The van der Waals surface area contributed by atoms with Crippen molar-refractivity contribution in [2.24, 2.45) is 0 Å². The van der Waals surface area contributed by atoms with Crippen LogP contribution in [-0.4, -0.2) is 64.3 Å². The zero-order valence-corrected chi connectivity index (χ0v) is 9.91. The number of carbonyl (C=O) groups is 1. The summed E-state index contributed by atoms with van der Waals surface area (Å²) in [4.78, 5) is 12.6. The van der Waals surface area contributed by atoms with E-state index in [-0.39, 0.29) is 6.03 Å². The van der Waals surface area contributed by atoms with Crippen LogP contribution in [0.2, 0.25) is 0 Å².